The smallest absolute Gasteiger partial charge is 0.114 e. The standard InChI is InChI=1S/C7H6N2O/c1-2-10-4-7-6(1)3-8-5-9-7/h1-5H,(H,8,9). The van der Waals surface area contributed by atoms with Crippen molar-refractivity contribution >= 4 is 6.34 Å². The van der Waals surface area contributed by atoms with Crippen molar-refractivity contribution in [3.05, 3.63) is 36.1 Å². The lowest BCUT2D eigenvalue weighted by Gasteiger charge is -2.13. The van der Waals surface area contributed by atoms with Gasteiger partial charge in [0.2, 0.25) is 0 Å². The maximum atomic E-state index is 4.93. The first kappa shape index (κ1) is 5.29. The maximum absolute atomic E-state index is 4.93. The molecule has 3 heteroatoms. The molecular formula is C7H6N2O. The third-order valence-electron chi connectivity index (χ3n) is 1.33. The van der Waals surface area contributed by atoms with Gasteiger partial charge in [-0.3, -0.25) is 0 Å². The van der Waals surface area contributed by atoms with E-state index >= 15 is 0 Å². The molecule has 10 heavy (non-hydrogen) atoms. The van der Waals surface area contributed by atoms with Crippen LogP contribution in [-0.2, 0) is 4.74 Å². The molecule has 0 fully saturated rings. The highest BCUT2D eigenvalue weighted by Crippen LogP contribution is 2.14. The number of fused-ring (bicyclic) bond motifs is 1. The highest BCUT2D eigenvalue weighted by Gasteiger charge is 2.06. The number of hydrogen-bond acceptors (Lipinski definition) is 3. The molecule has 0 aromatic rings. The van der Waals surface area contributed by atoms with E-state index in [4.69, 9.17) is 4.74 Å². The van der Waals surface area contributed by atoms with Crippen molar-refractivity contribution in [2.45, 2.75) is 0 Å². The lowest BCUT2D eigenvalue weighted by molar-refractivity contribution is 0.391. The van der Waals surface area contributed by atoms with Gasteiger partial charge in [-0.2, -0.15) is 0 Å². The SMILES string of the molecule is C1=CC2=CN=CNC2=CO1. The summed E-state index contributed by atoms with van der Waals surface area (Å²) >= 11 is 0. The van der Waals surface area contributed by atoms with Crippen molar-refractivity contribution in [2.24, 2.45) is 4.99 Å². The number of hydrogen-bond donors (Lipinski definition) is 1. The lowest BCUT2D eigenvalue weighted by Crippen LogP contribution is -2.16. The Morgan fingerprint density at radius 3 is 3.40 bits per heavy atom. The molecule has 50 valence electrons. The molecule has 0 aromatic heterocycles. The zero-order valence-corrected chi connectivity index (χ0v) is 5.24. The van der Waals surface area contributed by atoms with E-state index in [0.29, 0.717) is 0 Å². The van der Waals surface area contributed by atoms with Crippen LogP contribution in [0.1, 0.15) is 0 Å². The van der Waals surface area contributed by atoms with Crippen molar-refractivity contribution in [2.75, 3.05) is 0 Å². The van der Waals surface area contributed by atoms with E-state index in [9.17, 15) is 0 Å². The Morgan fingerprint density at radius 1 is 1.50 bits per heavy atom. The molecule has 0 aliphatic carbocycles. The Morgan fingerprint density at radius 2 is 2.50 bits per heavy atom. The summed E-state index contributed by atoms with van der Waals surface area (Å²) in [5, 5.41) is 2.95. The molecule has 0 radical (unpaired) electrons. The average Bonchev–Trinajstić information content (AvgIpc) is 2.05. The predicted octanol–water partition coefficient (Wildman–Crippen LogP) is 0.887. The maximum Gasteiger partial charge on any atom is 0.114 e. The monoisotopic (exact) mass is 134 g/mol. The molecule has 0 spiro atoms. The Hall–Kier alpha value is -1.51. The average molecular weight is 134 g/mol. The van der Waals surface area contributed by atoms with Crippen molar-refractivity contribution in [1.82, 2.24) is 5.32 Å². The number of ether oxygens (including phenoxy) is 1. The van der Waals surface area contributed by atoms with Crippen LogP contribution < -0.4 is 5.32 Å². The van der Waals surface area contributed by atoms with Crippen LogP contribution in [-0.4, -0.2) is 6.34 Å². The summed E-state index contributed by atoms with van der Waals surface area (Å²) in [5.41, 5.74) is 2.01. The van der Waals surface area contributed by atoms with E-state index in [-0.39, 0.29) is 0 Å². The van der Waals surface area contributed by atoms with Crippen LogP contribution in [0.15, 0.2) is 41.1 Å². The molecule has 0 unspecified atom stereocenters. The second-order valence-corrected chi connectivity index (χ2v) is 1.98. The summed E-state index contributed by atoms with van der Waals surface area (Å²) in [7, 11) is 0. The van der Waals surface area contributed by atoms with Crippen LogP contribution in [0.5, 0.6) is 0 Å². The zero-order valence-electron chi connectivity index (χ0n) is 5.24. The van der Waals surface area contributed by atoms with Crippen molar-refractivity contribution in [1.29, 1.82) is 0 Å². The third-order valence-corrected chi connectivity index (χ3v) is 1.33. The van der Waals surface area contributed by atoms with Crippen molar-refractivity contribution < 1.29 is 4.74 Å². The summed E-state index contributed by atoms with van der Waals surface area (Å²) in [6.45, 7) is 0. The van der Waals surface area contributed by atoms with Gasteiger partial charge in [0.05, 0.1) is 18.3 Å². The first-order chi connectivity index (χ1) is 4.97. The van der Waals surface area contributed by atoms with E-state index < -0.39 is 0 Å². The third kappa shape index (κ3) is 0.719. The number of allylic oxidation sites excluding steroid dienone is 1. The molecule has 2 aliphatic heterocycles. The molecule has 0 amide bonds. The van der Waals surface area contributed by atoms with Crippen LogP contribution in [0.25, 0.3) is 0 Å². The van der Waals surface area contributed by atoms with Gasteiger partial charge in [0.25, 0.3) is 0 Å². The van der Waals surface area contributed by atoms with Crippen LogP contribution in [0.3, 0.4) is 0 Å². The molecule has 3 nitrogen and oxygen atoms in total. The molecule has 0 aromatic carbocycles. The van der Waals surface area contributed by atoms with Crippen molar-refractivity contribution in [3.63, 3.8) is 0 Å². The predicted molar refractivity (Wildman–Crippen MR) is 38.0 cm³/mol. The summed E-state index contributed by atoms with van der Waals surface area (Å²) < 4.78 is 4.93. The van der Waals surface area contributed by atoms with E-state index in [1.54, 1.807) is 25.1 Å². The Labute approximate surface area is 58.4 Å². The van der Waals surface area contributed by atoms with E-state index in [2.05, 4.69) is 10.3 Å². The first-order valence-electron chi connectivity index (χ1n) is 2.98. The van der Waals surface area contributed by atoms with Gasteiger partial charge in [-0.25, -0.2) is 4.99 Å². The molecule has 2 aliphatic rings. The number of nitrogens with one attached hydrogen (secondary N) is 1. The van der Waals surface area contributed by atoms with Gasteiger partial charge in [-0.1, -0.05) is 0 Å². The topological polar surface area (TPSA) is 33.6 Å². The van der Waals surface area contributed by atoms with Gasteiger partial charge in [0.15, 0.2) is 0 Å². The molecule has 2 heterocycles. The van der Waals surface area contributed by atoms with Crippen molar-refractivity contribution in [3.8, 4) is 0 Å². The summed E-state index contributed by atoms with van der Waals surface area (Å²) in [6, 6.07) is 0. The first-order valence-corrected chi connectivity index (χ1v) is 2.98. The van der Waals surface area contributed by atoms with E-state index in [1.165, 1.54) is 0 Å². The summed E-state index contributed by atoms with van der Waals surface area (Å²) in [5.74, 6) is 0. The minimum atomic E-state index is 0.956. The fraction of sp³-hybridized carbons (Fsp3) is 0. The Balaban J connectivity index is 2.39. The van der Waals surface area contributed by atoms with Crippen LogP contribution >= 0.6 is 0 Å². The van der Waals surface area contributed by atoms with Gasteiger partial charge in [-0.05, 0) is 6.08 Å². The van der Waals surface area contributed by atoms with Gasteiger partial charge < -0.3 is 10.1 Å². The molecule has 2 rings (SSSR count). The Bertz CT molecular complexity index is 261. The number of aliphatic imine (C=N–C) groups is 1. The van der Waals surface area contributed by atoms with Gasteiger partial charge in [0.1, 0.15) is 6.26 Å². The quantitative estimate of drug-likeness (QED) is 0.533. The van der Waals surface area contributed by atoms with E-state index in [1.807, 2.05) is 6.08 Å². The van der Waals surface area contributed by atoms with E-state index in [0.717, 1.165) is 11.3 Å². The van der Waals surface area contributed by atoms with Gasteiger partial charge >= 0.3 is 0 Å². The minimum Gasteiger partial charge on any atom is -0.470 e. The molecule has 0 atom stereocenters. The second-order valence-electron chi connectivity index (χ2n) is 1.98. The molecule has 1 N–H and O–H groups in total. The minimum absolute atomic E-state index is 0.956. The summed E-state index contributed by atoms with van der Waals surface area (Å²) in [4.78, 5) is 3.92. The molecule has 0 saturated carbocycles. The molecule has 0 bridgehead atoms. The molecular weight excluding hydrogens is 128 g/mol. The van der Waals surface area contributed by atoms with Gasteiger partial charge in [0, 0.05) is 11.8 Å². The fourth-order valence-electron chi connectivity index (χ4n) is 0.832. The highest BCUT2D eigenvalue weighted by molar-refractivity contribution is 5.65. The number of nitrogens with zero attached hydrogens (tertiary/aromatic N) is 1. The highest BCUT2D eigenvalue weighted by atomic mass is 16.5. The van der Waals surface area contributed by atoms with Crippen LogP contribution in [0, 0.1) is 0 Å². The Kier molecular flexibility index (Phi) is 1.07. The van der Waals surface area contributed by atoms with Crippen LogP contribution in [0.2, 0.25) is 0 Å². The second kappa shape index (κ2) is 2.02. The largest absolute Gasteiger partial charge is 0.470 e. The fourth-order valence-corrected chi connectivity index (χ4v) is 0.832. The molecule has 0 saturated heterocycles. The van der Waals surface area contributed by atoms with Gasteiger partial charge in [-0.15, -0.1) is 0 Å². The normalized spacial score (nSPS) is 20.0. The summed E-state index contributed by atoms with van der Waals surface area (Å²) in [6.07, 6.45) is 8.53. The lowest BCUT2D eigenvalue weighted by atomic mass is 10.2. The van der Waals surface area contributed by atoms with Crippen LogP contribution in [0.4, 0.5) is 0 Å². The number of rotatable bonds is 0. The zero-order chi connectivity index (χ0) is 6.81.